The lowest BCUT2D eigenvalue weighted by Gasteiger charge is -2.28. The number of rotatable bonds is 13. The highest BCUT2D eigenvalue weighted by atomic mass is 35.5. The first kappa shape index (κ1) is 55.4. The fourth-order valence-electron chi connectivity index (χ4n) is 7.04. The van der Waals surface area contributed by atoms with E-state index in [0.29, 0.717) is 55.2 Å². The van der Waals surface area contributed by atoms with Gasteiger partial charge in [-0.05, 0) is 99.5 Å². The van der Waals surface area contributed by atoms with Gasteiger partial charge in [-0.25, -0.2) is 9.36 Å². The number of nitrogens with one attached hydrogen (secondary N) is 3. The number of nitrogens with two attached hydrogens (primary N) is 1. The maximum atomic E-state index is 13.2. The lowest BCUT2D eigenvalue weighted by Crippen LogP contribution is -2.41. The maximum Gasteiger partial charge on any atom is 0.416 e. The Hall–Kier alpha value is -6.94. The fraction of sp³-hybridized carbons (Fsp3) is 0.320. The van der Waals surface area contributed by atoms with Crippen molar-refractivity contribution in [2.75, 3.05) is 24.1 Å². The zero-order valence-corrected chi connectivity index (χ0v) is 41.1. The molecule has 6 aromatic rings. The summed E-state index contributed by atoms with van der Waals surface area (Å²) in [6.07, 6.45) is -8.78. The number of ether oxygens (including phenoxy) is 2. The van der Waals surface area contributed by atoms with Crippen LogP contribution in [0.5, 0.6) is 0 Å². The van der Waals surface area contributed by atoms with Crippen molar-refractivity contribution in [1.29, 1.82) is 0 Å². The van der Waals surface area contributed by atoms with Crippen molar-refractivity contribution in [2.24, 2.45) is 11.8 Å². The van der Waals surface area contributed by atoms with Gasteiger partial charge in [0.2, 0.25) is 17.7 Å². The number of para-hydroxylation sites is 2. The van der Waals surface area contributed by atoms with E-state index in [-0.39, 0.29) is 62.7 Å². The molecular formula is C50H50Cl2F6N8O7. The normalized spacial score (nSPS) is 15.9. The first-order valence-corrected chi connectivity index (χ1v) is 23.1. The topological polar surface area (TPSA) is 205 Å². The minimum absolute atomic E-state index is 0.101. The van der Waals surface area contributed by atoms with Crippen LogP contribution in [0.25, 0.3) is 33.9 Å². The number of halogens is 8. The molecule has 15 nitrogen and oxygen atoms in total. The third-order valence-corrected chi connectivity index (χ3v) is 11.9. The monoisotopic (exact) mass is 1060 g/mol. The van der Waals surface area contributed by atoms with Crippen molar-refractivity contribution < 1.29 is 60.1 Å². The van der Waals surface area contributed by atoms with Crippen molar-refractivity contribution in [2.45, 2.75) is 77.3 Å². The average molecular weight is 1060 g/mol. The van der Waals surface area contributed by atoms with Crippen LogP contribution in [-0.2, 0) is 41.9 Å². The number of benzene rings is 4. The fourth-order valence-corrected chi connectivity index (χ4v) is 7.55. The molecule has 388 valence electrons. The number of carboxylic acids is 1. The number of aliphatic carboxylic acids is 1. The summed E-state index contributed by atoms with van der Waals surface area (Å²) in [6, 6.07) is 31.7. The molecule has 8 rings (SSSR count). The molecule has 2 saturated heterocycles. The largest absolute Gasteiger partial charge is 0.481 e. The number of alkyl halides is 6. The number of nitrogen functional groups attached to an aromatic ring is 1. The number of carboxylic acid groups (broad SMARTS) is 1. The van der Waals surface area contributed by atoms with Crippen molar-refractivity contribution in [3.63, 3.8) is 0 Å². The predicted octanol–water partition coefficient (Wildman–Crippen LogP) is 9.96. The summed E-state index contributed by atoms with van der Waals surface area (Å²) in [5, 5.41) is 25.7. The molecule has 2 aliphatic rings. The molecule has 0 unspecified atom stereocenters. The highest BCUT2D eigenvalue weighted by Gasteiger charge is 2.49. The molecule has 0 radical (unpaired) electrons. The molecule has 0 aliphatic carbocycles. The first-order valence-electron chi connectivity index (χ1n) is 22.3. The van der Waals surface area contributed by atoms with E-state index in [1.54, 1.807) is 51.8 Å². The number of hydrogen-bond donors (Lipinski definition) is 5. The lowest BCUT2D eigenvalue weighted by molar-refractivity contribution is -0.267. The summed E-state index contributed by atoms with van der Waals surface area (Å²) < 4.78 is 92.3. The van der Waals surface area contributed by atoms with Gasteiger partial charge in [0, 0.05) is 59.2 Å². The van der Waals surface area contributed by atoms with Crippen LogP contribution in [0.4, 0.5) is 38.0 Å². The van der Waals surface area contributed by atoms with Crippen LogP contribution >= 0.6 is 23.2 Å². The molecule has 6 N–H and O–H groups in total. The number of anilines is 2. The number of nitrogens with zero attached hydrogens (tertiary/aromatic N) is 4. The SMILES string of the molecule is CC(C)(OCc1cc(Cl)cc(-c2cc(N)nn2-c2ccccc2)c1)C(F)(F)F.CC(C)(OCc1cc(Cl)cc(-c2cc(NC(=O)[C@@H]3CNC(=O)C3)nn2-c2ccccc2)c1)C(F)(F)F.O=C1C[C@H](C(=O)O)CN1. The zero-order valence-electron chi connectivity index (χ0n) is 39.6. The van der Waals surface area contributed by atoms with Gasteiger partial charge in [-0.15, -0.1) is 5.10 Å². The third-order valence-electron chi connectivity index (χ3n) is 11.4. The van der Waals surface area contributed by atoms with Gasteiger partial charge in [-0.2, -0.15) is 31.4 Å². The molecule has 0 bridgehead atoms. The van der Waals surface area contributed by atoms with Crippen LogP contribution in [0.15, 0.2) is 109 Å². The van der Waals surface area contributed by atoms with E-state index in [4.69, 9.17) is 43.5 Å². The highest BCUT2D eigenvalue weighted by molar-refractivity contribution is 6.31. The summed E-state index contributed by atoms with van der Waals surface area (Å²) in [7, 11) is 0. The summed E-state index contributed by atoms with van der Waals surface area (Å²) >= 11 is 12.5. The Morgan fingerprint density at radius 3 is 1.49 bits per heavy atom. The van der Waals surface area contributed by atoms with Crippen LogP contribution in [0, 0.1) is 11.8 Å². The first-order chi connectivity index (χ1) is 34.2. The molecule has 2 fully saturated rings. The smallest absolute Gasteiger partial charge is 0.416 e. The Kier molecular flexibility index (Phi) is 17.3. The van der Waals surface area contributed by atoms with E-state index in [1.165, 1.54) is 6.07 Å². The Labute approximate surface area is 424 Å². The van der Waals surface area contributed by atoms with Gasteiger partial charge in [-0.3, -0.25) is 19.2 Å². The molecule has 2 aromatic heterocycles. The van der Waals surface area contributed by atoms with Crippen molar-refractivity contribution in [1.82, 2.24) is 30.2 Å². The van der Waals surface area contributed by atoms with Crippen molar-refractivity contribution >= 4 is 58.5 Å². The van der Waals surface area contributed by atoms with Gasteiger partial charge in [-0.1, -0.05) is 59.6 Å². The van der Waals surface area contributed by atoms with E-state index in [0.717, 1.165) is 33.4 Å². The quantitative estimate of drug-likeness (QED) is 0.0693. The molecule has 23 heteroatoms. The van der Waals surface area contributed by atoms with Gasteiger partial charge >= 0.3 is 18.3 Å². The van der Waals surface area contributed by atoms with E-state index in [9.17, 15) is 45.5 Å². The van der Waals surface area contributed by atoms with Crippen LogP contribution < -0.4 is 21.7 Å². The van der Waals surface area contributed by atoms with Crippen LogP contribution in [0.3, 0.4) is 0 Å². The van der Waals surface area contributed by atoms with Gasteiger partial charge in [0.05, 0.1) is 47.8 Å². The van der Waals surface area contributed by atoms with Gasteiger partial charge in [0.15, 0.2) is 17.0 Å². The van der Waals surface area contributed by atoms with E-state index in [2.05, 4.69) is 26.1 Å². The van der Waals surface area contributed by atoms with Crippen molar-refractivity contribution in [3.8, 4) is 33.9 Å². The number of carbonyl (C=O) groups excluding carboxylic acids is 3. The highest BCUT2D eigenvalue weighted by Crippen LogP contribution is 2.37. The Morgan fingerprint density at radius 1 is 0.671 bits per heavy atom. The van der Waals surface area contributed by atoms with Crippen LogP contribution in [0.1, 0.15) is 51.7 Å². The second kappa shape index (κ2) is 22.9. The van der Waals surface area contributed by atoms with Gasteiger partial charge in [0.25, 0.3) is 0 Å². The number of amides is 3. The summed E-state index contributed by atoms with van der Waals surface area (Å²) in [5.41, 5.74) is 6.18. The number of aromatic nitrogens is 4. The van der Waals surface area contributed by atoms with Gasteiger partial charge in [0.1, 0.15) is 5.82 Å². The van der Waals surface area contributed by atoms with E-state index in [1.807, 2.05) is 60.7 Å². The minimum Gasteiger partial charge on any atom is -0.481 e. The summed E-state index contributed by atoms with van der Waals surface area (Å²) in [6.45, 7) is 3.89. The van der Waals surface area contributed by atoms with Gasteiger partial charge < -0.3 is 36.3 Å². The maximum absolute atomic E-state index is 13.2. The van der Waals surface area contributed by atoms with Crippen molar-refractivity contribution in [3.05, 3.63) is 130 Å². The Balaban J connectivity index is 0.000000207. The van der Waals surface area contributed by atoms with Crippen LogP contribution in [0.2, 0.25) is 10.0 Å². The second-order valence-corrected chi connectivity index (χ2v) is 18.8. The second-order valence-electron chi connectivity index (χ2n) is 17.9. The summed E-state index contributed by atoms with van der Waals surface area (Å²) in [4.78, 5) is 44.7. The predicted molar refractivity (Wildman–Crippen MR) is 261 cm³/mol. The standard InChI is InChI=1S/C25H24ClF3N4O3.C20H19ClF3N3O.C5H7NO3/c1-24(2,25(27,28)29)36-14-15-8-16(10-18(26)9-15)20-12-21(31-23(35)17-11-22(34)30-13-17)32-33(20)19-6-4-3-5-7-19;1-19(2,20(22,23)24)28-12-13-8-14(10-15(21)9-13)17-11-18(25)26-27(17)16-6-4-3-5-7-16;7-4-1-3(2-6-4)5(8)9/h3-10,12,17H,11,13-14H2,1-2H3,(H,30,34)(H,31,32,35);3-11H,12H2,1-2H3,(H2,25,26);3H,1-2H2,(H,6,7)(H,8,9)/t17-;;3-/m0.0/s1. The average Bonchev–Trinajstić information content (AvgIpc) is 4.15. The molecule has 4 heterocycles. The molecule has 2 atom stereocenters. The third kappa shape index (κ3) is 14.6. The van der Waals surface area contributed by atoms with E-state index >= 15 is 0 Å². The molecule has 73 heavy (non-hydrogen) atoms. The zero-order chi connectivity index (χ0) is 53.5. The van der Waals surface area contributed by atoms with Crippen LogP contribution in [-0.4, -0.2) is 85.0 Å². The molecule has 4 aromatic carbocycles. The molecule has 2 aliphatic heterocycles. The minimum atomic E-state index is -4.53. The number of carbonyl (C=O) groups is 4. The molecule has 3 amide bonds. The van der Waals surface area contributed by atoms with E-state index < -0.39 is 41.4 Å². The molecule has 0 saturated carbocycles. The Bertz CT molecular complexity index is 2930. The molecular weight excluding hydrogens is 1010 g/mol. The lowest BCUT2D eigenvalue weighted by atomic mass is 10.1. The molecule has 0 spiro atoms. The summed E-state index contributed by atoms with van der Waals surface area (Å²) in [5.74, 6) is -2.02. The number of hydrogen-bond acceptors (Lipinski definition) is 9. The Morgan fingerprint density at radius 2 is 1.10 bits per heavy atom.